The number of furan rings is 1. The van der Waals surface area contributed by atoms with Crippen LogP contribution in [0.1, 0.15) is 18.1 Å². The van der Waals surface area contributed by atoms with Gasteiger partial charge in [0.1, 0.15) is 24.2 Å². The van der Waals surface area contributed by atoms with Crippen molar-refractivity contribution in [3.05, 3.63) is 72.0 Å². The molecule has 0 unspecified atom stereocenters. The molecule has 2 aromatic carbocycles. The maximum absolute atomic E-state index is 14.0. The summed E-state index contributed by atoms with van der Waals surface area (Å²) in [6, 6.07) is 9.74. The van der Waals surface area contributed by atoms with E-state index < -0.39 is 17.6 Å². The van der Waals surface area contributed by atoms with E-state index in [-0.39, 0.29) is 23.4 Å². The van der Waals surface area contributed by atoms with Crippen LogP contribution < -0.4 is 11.1 Å². The van der Waals surface area contributed by atoms with Gasteiger partial charge in [0.05, 0.1) is 11.8 Å². The zero-order chi connectivity index (χ0) is 22.2. The molecule has 0 atom stereocenters. The van der Waals surface area contributed by atoms with Crippen molar-refractivity contribution in [2.24, 2.45) is 0 Å². The second-order valence-electron chi connectivity index (χ2n) is 7.09. The van der Waals surface area contributed by atoms with Gasteiger partial charge >= 0.3 is 0 Å². The number of anilines is 2. The number of alkyl halides is 2. The first-order valence-electron chi connectivity index (χ1n) is 9.27. The van der Waals surface area contributed by atoms with Crippen LogP contribution in [-0.2, 0) is 17.1 Å². The summed E-state index contributed by atoms with van der Waals surface area (Å²) < 4.78 is 46.3. The molecule has 2 heterocycles. The number of hydrogen-bond donors (Lipinski definition) is 2. The molecule has 1 amide bonds. The lowest BCUT2D eigenvalue weighted by atomic mass is 10.0. The van der Waals surface area contributed by atoms with Crippen LogP contribution in [0.2, 0.25) is 0 Å². The van der Waals surface area contributed by atoms with Crippen molar-refractivity contribution in [3.63, 3.8) is 0 Å². The minimum Gasteiger partial charge on any atom is -0.445 e. The standard InChI is InChI=1S/C22H17F3N4O2/c1-22(24,25)14-4-7-17(23)13(8-14)9-18(30)29-15-5-2-12(3-6-15)16-10-31-21-19(16)20(26)27-11-28-21/h2-8,10-11H,9H2,1H3,(H,29,30)(H2,26,27,28). The van der Waals surface area contributed by atoms with Crippen LogP contribution in [0.15, 0.2) is 59.5 Å². The predicted molar refractivity (Wildman–Crippen MR) is 110 cm³/mol. The first-order valence-corrected chi connectivity index (χ1v) is 9.27. The van der Waals surface area contributed by atoms with Gasteiger partial charge in [-0.2, -0.15) is 0 Å². The lowest BCUT2D eigenvalue weighted by Crippen LogP contribution is -2.16. The Morgan fingerprint density at radius 1 is 1.16 bits per heavy atom. The first-order chi connectivity index (χ1) is 14.7. The first kappa shape index (κ1) is 20.4. The Labute approximate surface area is 174 Å². The van der Waals surface area contributed by atoms with Crippen molar-refractivity contribution in [1.82, 2.24) is 9.97 Å². The van der Waals surface area contributed by atoms with Gasteiger partial charge in [-0.1, -0.05) is 18.2 Å². The second kappa shape index (κ2) is 7.75. The molecule has 2 aromatic heterocycles. The van der Waals surface area contributed by atoms with Gasteiger partial charge in [-0.3, -0.25) is 4.79 Å². The van der Waals surface area contributed by atoms with Crippen LogP contribution in [0, 0.1) is 5.82 Å². The van der Waals surface area contributed by atoms with Gasteiger partial charge in [-0.15, -0.1) is 0 Å². The van der Waals surface area contributed by atoms with Gasteiger partial charge in [0.15, 0.2) is 0 Å². The van der Waals surface area contributed by atoms with E-state index in [4.69, 9.17) is 10.2 Å². The molecule has 4 rings (SSSR count). The maximum atomic E-state index is 14.0. The normalized spacial score (nSPS) is 11.6. The van der Waals surface area contributed by atoms with Crippen LogP contribution >= 0.6 is 0 Å². The van der Waals surface area contributed by atoms with Crippen LogP contribution in [0.3, 0.4) is 0 Å². The zero-order valence-corrected chi connectivity index (χ0v) is 16.3. The number of nitrogen functional groups attached to an aromatic ring is 1. The molecule has 31 heavy (non-hydrogen) atoms. The van der Waals surface area contributed by atoms with Gasteiger partial charge in [0.2, 0.25) is 11.6 Å². The average molecular weight is 426 g/mol. The lowest BCUT2D eigenvalue weighted by molar-refractivity contribution is -0.115. The number of halogens is 3. The highest BCUT2D eigenvalue weighted by molar-refractivity contribution is 5.99. The number of carbonyl (C=O) groups excluding carboxylic acids is 1. The van der Waals surface area contributed by atoms with Crippen molar-refractivity contribution < 1.29 is 22.4 Å². The fourth-order valence-electron chi connectivity index (χ4n) is 3.21. The van der Waals surface area contributed by atoms with E-state index in [1.54, 1.807) is 24.3 Å². The summed E-state index contributed by atoms with van der Waals surface area (Å²) in [7, 11) is 0. The lowest BCUT2D eigenvalue weighted by Gasteiger charge is -2.13. The molecular weight excluding hydrogens is 409 g/mol. The van der Waals surface area contributed by atoms with E-state index >= 15 is 0 Å². The van der Waals surface area contributed by atoms with Crippen LogP contribution in [0.5, 0.6) is 0 Å². The van der Waals surface area contributed by atoms with Crippen molar-refractivity contribution in [1.29, 1.82) is 0 Å². The maximum Gasteiger partial charge on any atom is 0.270 e. The Morgan fingerprint density at radius 3 is 2.61 bits per heavy atom. The smallest absolute Gasteiger partial charge is 0.270 e. The van der Waals surface area contributed by atoms with E-state index in [1.165, 1.54) is 12.6 Å². The number of nitrogens with zero attached hydrogens (tertiary/aromatic N) is 2. The van der Waals surface area contributed by atoms with Crippen molar-refractivity contribution >= 4 is 28.5 Å². The third kappa shape index (κ3) is 4.20. The molecule has 0 aliphatic rings. The Bertz CT molecular complexity index is 1260. The summed E-state index contributed by atoms with van der Waals surface area (Å²) in [5.41, 5.74) is 7.75. The van der Waals surface area contributed by atoms with Gasteiger partial charge in [-0.25, -0.2) is 23.1 Å². The molecule has 0 saturated heterocycles. The van der Waals surface area contributed by atoms with E-state index in [0.29, 0.717) is 29.3 Å². The van der Waals surface area contributed by atoms with Crippen molar-refractivity contribution in [3.8, 4) is 11.1 Å². The van der Waals surface area contributed by atoms with Crippen molar-refractivity contribution in [2.75, 3.05) is 11.1 Å². The molecule has 0 spiro atoms. The third-order valence-electron chi connectivity index (χ3n) is 4.78. The minimum atomic E-state index is -3.12. The summed E-state index contributed by atoms with van der Waals surface area (Å²) >= 11 is 0. The van der Waals surface area contributed by atoms with E-state index in [1.807, 2.05) is 0 Å². The summed E-state index contributed by atoms with van der Waals surface area (Å²) in [5, 5.41) is 3.22. The molecule has 0 radical (unpaired) electrons. The number of nitrogens with two attached hydrogens (primary N) is 1. The van der Waals surface area contributed by atoms with E-state index in [2.05, 4.69) is 15.3 Å². The highest BCUT2D eigenvalue weighted by Gasteiger charge is 2.25. The van der Waals surface area contributed by atoms with Crippen LogP contribution in [0.4, 0.5) is 24.7 Å². The van der Waals surface area contributed by atoms with Crippen LogP contribution in [0.25, 0.3) is 22.2 Å². The van der Waals surface area contributed by atoms with Gasteiger partial charge in [0.25, 0.3) is 5.92 Å². The number of rotatable bonds is 5. The molecule has 4 aromatic rings. The molecule has 0 bridgehead atoms. The Morgan fingerprint density at radius 2 is 1.90 bits per heavy atom. The van der Waals surface area contributed by atoms with E-state index in [9.17, 15) is 18.0 Å². The molecule has 0 saturated carbocycles. The summed E-state index contributed by atoms with van der Waals surface area (Å²) in [4.78, 5) is 20.3. The molecule has 0 aliphatic carbocycles. The van der Waals surface area contributed by atoms with Crippen molar-refractivity contribution in [2.45, 2.75) is 19.3 Å². The molecule has 6 nitrogen and oxygen atoms in total. The van der Waals surface area contributed by atoms with Gasteiger partial charge in [0, 0.05) is 23.7 Å². The number of nitrogens with one attached hydrogen (secondary N) is 1. The average Bonchev–Trinajstić information content (AvgIpc) is 3.15. The largest absolute Gasteiger partial charge is 0.445 e. The number of hydrogen-bond acceptors (Lipinski definition) is 5. The topological polar surface area (TPSA) is 94.0 Å². The molecule has 9 heteroatoms. The Balaban J connectivity index is 1.50. The second-order valence-corrected chi connectivity index (χ2v) is 7.09. The number of carbonyl (C=O) groups is 1. The zero-order valence-electron chi connectivity index (χ0n) is 16.3. The van der Waals surface area contributed by atoms with Crippen LogP contribution in [-0.4, -0.2) is 15.9 Å². The summed E-state index contributed by atoms with van der Waals surface area (Å²) in [5.74, 6) is -4.09. The number of amides is 1. The number of aromatic nitrogens is 2. The number of benzene rings is 2. The van der Waals surface area contributed by atoms with Gasteiger partial charge < -0.3 is 15.5 Å². The van der Waals surface area contributed by atoms with E-state index in [0.717, 1.165) is 23.8 Å². The third-order valence-corrected chi connectivity index (χ3v) is 4.78. The minimum absolute atomic E-state index is 0.103. The highest BCUT2D eigenvalue weighted by Crippen LogP contribution is 2.33. The summed E-state index contributed by atoms with van der Waals surface area (Å²) in [6.45, 7) is 0.717. The Kier molecular flexibility index (Phi) is 5.10. The Hall–Kier alpha value is -3.88. The quantitative estimate of drug-likeness (QED) is 0.473. The molecular formula is C22H17F3N4O2. The summed E-state index contributed by atoms with van der Waals surface area (Å²) in [6.07, 6.45) is 2.45. The SMILES string of the molecule is CC(F)(F)c1ccc(F)c(CC(=O)Nc2ccc(-c3coc4ncnc(N)c34)cc2)c1. The molecule has 0 aliphatic heterocycles. The highest BCUT2D eigenvalue weighted by atomic mass is 19.3. The monoisotopic (exact) mass is 426 g/mol. The van der Waals surface area contributed by atoms with Gasteiger partial charge in [-0.05, 0) is 35.4 Å². The molecule has 158 valence electrons. The number of fused-ring (bicyclic) bond motifs is 1. The fourth-order valence-corrected chi connectivity index (χ4v) is 3.21. The molecule has 3 N–H and O–H groups in total. The fraction of sp³-hybridized carbons (Fsp3) is 0.136. The molecule has 0 fully saturated rings. The predicted octanol–water partition coefficient (Wildman–Crippen LogP) is 4.90.